The zero-order valence-corrected chi connectivity index (χ0v) is 16.5. The molecular weight excluding hydrogens is 336 g/mol. The first-order chi connectivity index (χ1) is 13.1. The first-order valence-corrected chi connectivity index (χ1v) is 9.86. The van der Waals surface area contributed by atoms with Crippen LogP contribution < -0.4 is 10.1 Å². The maximum atomic E-state index is 12.1. The van der Waals surface area contributed by atoms with Crippen molar-refractivity contribution in [2.75, 3.05) is 19.7 Å². The number of likely N-dealkylation sites (tertiary alicyclic amines) is 1. The number of nitrogens with one attached hydrogen (secondary N) is 1. The second-order valence-corrected chi connectivity index (χ2v) is 7.55. The van der Waals surface area contributed by atoms with Crippen LogP contribution in [0.3, 0.4) is 0 Å². The number of rotatable bonds is 7. The topological polar surface area (TPSA) is 41.6 Å². The average Bonchev–Trinajstić information content (AvgIpc) is 2.65. The largest absolute Gasteiger partial charge is 0.484 e. The molecule has 0 spiro atoms. The number of hydrogen-bond acceptors (Lipinski definition) is 3. The number of ether oxygens (including phenoxy) is 1. The molecule has 1 heterocycles. The fourth-order valence-corrected chi connectivity index (χ4v) is 3.63. The molecule has 4 heteroatoms. The van der Waals surface area contributed by atoms with Crippen LogP contribution in [0.25, 0.3) is 0 Å². The Morgan fingerprint density at radius 3 is 2.44 bits per heavy atom. The molecule has 1 fully saturated rings. The van der Waals surface area contributed by atoms with E-state index in [1.807, 2.05) is 26.0 Å². The van der Waals surface area contributed by atoms with Gasteiger partial charge < -0.3 is 10.1 Å². The Kier molecular flexibility index (Phi) is 6.88. The molecule has 2 aromatic rings. The molecule has 0 bridgehead atoms. The lowest BCUT2D eigenvalue weighted by Crippen LogP contribution is -2.29. The van der Waals surface area contributed by atoms with Crippen molar-refractivity contribution in [3.05, 3.63) is 64.7 Å². The molecule has 0 radical (unpaired) electrons. The normalized spacial score (nSPS) is 14.7. The van der Waals surface area contributed by atoms with E-state index in [1.54, 1.807) is 0 Å². The average molecular weight is 367 g/mol. The first-order valence-electron chi connectivity index (χ1n) is 9.86. The van der Waals surface area contributed by atoms with Crippen molar-refractivity contribution in [3.63, 3.8) is 0 Å². The highest BCUT2D eigenvalue weighted by Gasteiger charge is 2.10. The molecule has 2 aromatic carbocycles. The van der Waals surface area contributed by atoms with Crippen LogP contribution in [-0.2, 0) is 17.9 Å². The predicted molar refractivity (Wildman–Crippen MR) is 109 cm³/mol. The van der Waals surface area contributed by atoms with Crippen molar-refractivity contribution in [1.82, 2.24) is 10.2 Å². The molecule has 1 N–H and O–H groups in total. The minimum atomic E-state index is -0.101. The molecule has 27 heavy (non-hydrogen) atoms. The van der Waals surface area contributed by atoms with E-state index in [0.29, 0.717) is 6.54 Å². The molecule has 0 saturated carbocycles. The lowest BCUT2D eigenvalue weighted by molar-refractivity contribution is -0.123. The molecule has 144 valence electrons. The maximum absolute atomic E-state index is 12.1. The molecule has 3 rings (SSSR count). The first kappa shape index (κ1) is 19.4. The smallest absolute Gasteiger partial charge is 0.258 e. The highest BCUT2D eigenvalue weighted by atomic mass is 16.5. The summed E-state index contributed by atoms with van der Waals surface area (Å²) in [6, 6.07) is 14.5. The van der Waals surface area contributed by atoms with Gasteiger partial charge in [-0.2, -0.15) is 0 Å². The zero-order valence-electron chi connectivity index (χ0n) is 16.5. The Bertz CT molecular complexity index is 746. The minimum absolute atomic E-state index is 0.0381. The molecule has 1 saturated heterocycles. The lowest BCUT2D eigenvalue weighted by atomic mass is 10.1. The van der Waals surface area contributed by atoms with Crippen molar-refractivity contribution < 1.29 is 9.53 Å². The monoisotopic (exact) mass is 366 g/mol. The minimum Gasteiger partial charge on any atom is -0.484 e. The standard InChI is InChI=1S/C23H30N2O2/c1-18-11-19(2)13-22(12-18)27-17-23(26)24-15-20-7-6-8-21(14-20)16-25-9-4-3-5-10-25/h6-8,11-14H,3-5,9-10,15-17H2,1-2H3,(H,24,26). The zero-order chi connectivity index (χ0) is 19.1. The van der Waals surface area contributed by atoms with E-state index in [9.17, 15) is 4.79 Å². The highest BCUT2D eigenvalue weighted by Crippen LogP contribution is 2.16. The van der Waals surface area contributed by atoms with Crippen LogP contribution >= 0.6 is 0 Å². The summed E-state index contributed by atoms with van der Waals surface area (Å²) in [5, 5.41) is 2.95. The molecule has 1 aliphatic rings. The molecule has 0 aromatic heterocycles. The van der Waals surface area contributed by atoms with Crippen LogP contribution in [0, 0.1) is 13.8 Å². The van der Waals surface area contributed by atoms with Crippen LogP contribution in [0.15, 0.2) is 42.5 Å². The van der Waals surface area contributed by atoms with Crippen LogP contribution in [0.4, 0.5) is 0 Å². The van der Waals surface area contributed by atoms with E-state index < -0.39 is 0 Å². The van der Waals surface area contributed by atoms with E-state index in [1.165, 1.54) is 37.9 Å². The third-order valence-corrected chi connectivity index (χ3v) is 4.90. The predicted octanol–water partition coefficient (Wildman–Crippen LogP) is 3.98. The number of carbonyl (C=O) groups is 1. The van der Waals surface area contributed by atoms with Gasteiger partial charge in [-0.25, -0.2) is 0 Å². The van der Waals surface area contributed by atoms with E-state index in [-0.39, 0.29) is 12.5 Å². The number of hydrogen-bond donors (Lipinski definition) is 1. The van der Waals surface area contributed by atoms with Crippen molar-refractivity contribution >= 4 is 5.91 Å². The summed E-state index contributed by atoms with van der Waals surface area (Å²) in [6.07, 6.45) is 3.96. The fraction of sp³-hybridized carbons (Fsp3) is 0.435. The van der Waals surface area contributed by atoms with E-state index >= 15 is 0 Å². The van der Waals surface area contributed by atoms with Gasteiger partial charge in [0, 0.05) is 13.1 Å². The molecular formula is C23H30N2O2. The van der Waals surface area contributed by atoms with Gasteiger partial charge in [0.25, 0.3) is 5.91 Å². The Morgan fingerprint density at radius 1 is 1.00 bits per heavy atom. The quantitative estimate of drug-likeness (QED) is 0.806. The van der Waals surface area contributed by atoms with Gasteiger partial charge in [-0.05, 0) is 74.2 Å². The summed E-state index contributed by atoms with van der Waals surface area (Å²) in [5.74, 6) is 0.641. The van der Waals surface area contributed by atoms with Crippen LogP contribution in [0.2, 0.25) is 0 Å². The van der Waals surface area contributed by atoms with Crippen molar-refractivity contribution in [1.29, 1.82) is 0 Å². The summed E-state index contributed by atoms with van der Waals surface area (Å²) >= 11 is 0. The molecule has 0 unspecified atom stereocenters. The summed E-state index contributed by atoms with van der Waals surface area (Å²) in [5.41, 5.74) is 4.71. The third kappa shape index (κ3) is 6.40. The van der Waals surface area contributed by atoms with Crippen LogP contribution in [0.1, 0.15) is 41.5 Å². The van der Waals surface area contributed by atoms with Gasteiger partial charge >= 0.3 is 0 Å². The molecule has 0 atom stereocenters. The molecule has 4 nitrogen and oxygen atoms in total. The summed E-state index contributed by atoms with van der Waals surface area (Å²) < 4.78 is 5.62. The second-order valence-electron chi connectivity index (χ2n) is 7.55. The number of carbonyl (C=O) groups excluding carboxylic acids is 1. The molecule has 0 aliphatic carbocycles. The Balaban J connectivity index is 1.46. The van der Waals surface area contributed by atoms with Crippen molar-refractivity contribution in [3.8, 4) is 5.75 Å². The Hall–Kier alpha value is -2.33. The Labute approximate surface area is 162 Å². The van der Waals surface area contributed by atoms with Crippen molar-refractivity contribution in [2.24, 2.45) is 0 Å². The maximum Gasteiger partial charge on any atom is 0.258 e. The van der Waals surface area contributed by atoms with Crippen molar-refractivity contribution in [2.45, 2.75) is 46.2 Å². The number of aryl methyl sites for hydroxylation is 2. The summed E-state index contributed by atoms with van der Waals surface area (Å²) in [7, 11) is 0. The highest BCUT2D eigenvalue weighted by molar-refractivity contribution is 5.77. The van der Waals surface area contributed by atoms with Crippen LogP contribution in [0.5, 0.6) is 5.75 Å². The summed E-state index contributed by atoms with van der Waals surface area (Å²) in [4.78, 5) is 14.6. The number of benzene rings is 2. The van der Waals surface area contributed by atoms with Gasteiger partial charge in [0.05, 0.1) is 0 Å². The number of piperidine rings is 1. The summed E-state index contributed by atoms with van der Waals surface area (Å²) in [6.45, 7) is 8.00. The number of nitrogens with zero attached hydrogens (tertiary/aromatic N) is 1. The van der Waals surface area contributed by atoms with E-state index in [0.717, 1.165) is 29.0 Å². The molecule has 1 amide bonds. The SMILES string of the molecule is Cc1cc(C)cc(OCC(=O)NCc2cccc(CN3CCCCC3)c2)c1. The van der Waals surface area contributed by atoms with Gasteiger partial charge in [-0.3, -0.25) is 9.69 Å². The third-order valence-electron chi connectivity index (χ3n) is 4.90. The van der Waals surface area contributed by atoms with Crippen LogP contribution in [-0.4, -0.2) is 30.5 Å². The second kappa shape index (κ2) is 9.56. The van der Waals surface area contributed by atoms with E-state index in [2.05, 4.69) is 40.5 Å². The van der Waals surface area contributed by atoms with Gasteiger partial charge in [-0.1, -0.05) is 36.8 Å². The van der Waals surface area contributed by atoms with Gasteiger partial charge in [0.15, 0.2) is 6.61 Å². The Morgan fingerprint density at radius 2 is 1.70 bits per heavy atom. The van der Waals surface area contributed by atoms with E-state index in [4.69, 9.17) is 4.74 Å². The lowest BCUT2D eigenvalue weighted by Gasteiger charge is -2.26. The molecule has 1 aliphatic heterocycles. The fourth-order valence-electron chi connectivity index (χ4n) is 3.63. The van der Waals surface area contributed by atoms with Gasteiger partial charge in [0.2, 0.25) is 0 Å². The number of amides is 1. The van der Waals surface area contributed by atoms with Gasteiger partial charge in [0.1, 0.15) is 5.75 Å². The van der Waals surface area contributed by atoms with Gasteiger partial charge in [-0.15, -0.1) is 0 Å².